The van der Waals surface area contributed by atoms with E-state index in [-0.39, 0.29) is 16.7 Å². The summed E-state index contributed by atoms with van der Waals surface area (Å²) in [5.74, 6) is 0.226. The first-order chi connectivity index (χ1) is 13.6. The predicted molar refractivity (Wildman–Crippen MR) is 119 cm³/mol. The van der Waals surface area contributed by atoms with Crippen LogP contribution in [0, 0.1) is 0 Å². The average molecular weight is 409 g/mol. The zero-order chi connectivity index (χ0) is 19.5. The number of H-pyrrole nitrogens is 1. The zero-order valence-corrected chi connectivity index (χ0v) is 17.0. The fourth-order valence-electron chi connectivity index (χ4n) is 4.09. The second kappa shape index (κ2) is 6.37. The van der Waals surface area contributed by atoms with E-state index < -0.39 is 0 Å². The Balaban J connectivity index is 1.81. The van der Waals surface area contributed by atoms with Crippen LogP contribution in [0.25, 0.3) is 32.8 Å². The Morgan fingerprint density at radius 3 is 2.57 bits per heavy atom. The van der Waals surface area contributed by atoms with Crippen molar-refractivity contribution in [3.8, 4) is 16.9 Å². The van der Waals surface area contributed by atoms with Crippen LogP contribution in [0.15, 0.2) is 50.8 Å². The molecule has 0 unspecified atom stereocenters. The Morgan fingerprint density at radius 2 is 1.93 bits per heavy atom. The number of fused-ring (bicyclic) bond motifs is 3. The lowest BCUT2D eigenvalue weighted by atomic mass is 9.92. The van der Waals surface area contributed by atoms with Crippen LogP contribution in [0.1, 0.15) is 18.4 Å². The van der Waals surface area contributed by atoms with E-state index in [1.165, 1.54) is 28.7 Å². The number of benzene rings is 2. The molecule has 0 aliphatic heterocycles. The van der Waals surface area contributed by atoms with Crippen molar-refractivity contribution >= 4 is 44.8 Å². The van der Waals surface area contributed by atoms with E-state index >= 15 is 0 Å². The first-order valence-electron chi connectivity index (χ1n) is 9.21. The molecular formula is C22H20N2O2S2. The Morgan fingerprint density at radius 1 is 1.21 bits per heavy atom. The third-order valence-corrected chi connectivity index (χ3v) is 7.44. The van der Waals surface area contributed by atoms with Crippen LogP contribution in [-0.4, -0.2) is 22.9 Å². The Kier molecular flexibility index (Phi) is 4.05. The number of rotatable bonds is 4. The van der Waals surface area contributed by atoms with Crippen molar-refractivity contribution in [2.24, 2.45) is 5.73 Å². The molecule has 0 spiro atoms. The standard InChI is InChI=1S/C22H20N2O2S2/c1-27-17-8-16(25)18(12-2-4-13(5-3-12)22(11-23)6-7-22)19-14-9-28-10-15(14)21(26)24-20(17)19/h2-5,8-10,25H,6-7,11,23H2,1H3,(H,24,26). The first kappa shape index (κ1) is 17.8. The quantitative estimate of drug-likeness (QED) is 0.423. The van der Waals surface area contributed by atoms with Gasteiger partial charge in [-0.05, 0) is 41.7 Å². The Hall–Kier alpha value is -2.28. The molecule has 2 heterocycles. The van der Waals surface area contributed by atoms with Crippen LogP contribution in [0.4, 0.5) is 0 Å². The highest BCUT2D eigenvalue weighted by atomic mass is 32.2. The van der Waals surface area contributed by atoms with Crippen LogP contribution in [-0.2, 0) is 5.41 Å². The second-order valence-electron chi connectivity index (χ2n) is 7.44. The summed E-state index contributed by atoms with van der Waals surface area (Å²) in [5, 5.41) is 17.2. The molecule has 0 atom stereocenters. The number of phenolic OH excluding ortho intramolecular Hbond substituents is 1. The van der Waals surface area contributed by atoms with Gasteiger partial charge in [0.15, 0.2) is 0 Å². The van der Waals surface area contributed by atoms with E-state index in [1.807, 2.05) is 17.0 Å². The minimum absolute atomic E-state index is 0.0929. The molecule has 0 radical (unpaired) electrons. The van der Waals surface area contributed by atoms with Crippen LogP contribution in [0.2, 0.25) is 0 Å². The van der Waals surface area contributed by atoms with Gasteiger partial charge in [-0.2, -0.15) is 11.3 Å². The van der Waals surface area contributed by atoms with Gasteiger partial charge in [0.2, 0.25) is 0 Å². The number of hydrogen-bond donors (Lipinski definition) is 3. The van der Waals surface area contributed by atoms with Crippen molar-refractivity contribution in [1.29, 1.82) is 0 Å². The number of pyridine rings is 1. The van der Waals surface area contributed by atoms with Gasteiger partial charge in [0.1, 0.15) is 5.75 Å². The number of phenols is 1. The number of nitrogens with one attached hydrogen (secondary N) is 1. The van der Waals surface area contributed by atoms with Gasteiger partial charge >= 0.3 is 0 Å². The van der Waals surface area contributed by atoms with Crippen molar-refractivity contribution in [3.63, 3.8) is 0 Å². The number of aromatic nitrogens is 1. The van der Waals surface area contributed by atoms with Gasteiger partial charge < -0.3 is 15.8 Å². The van der Waals surface area contributed by atoms with Gasteiger partial charge in [-0.15, -0.1) is 11.8 Å². The monoisotopic (exact) mass is 408 g/mol. The molecule has 2 aromatic heterocycles. The number of thioether (sulfide) groups is 1. The third-order valence-electron chi connectivity index (χ3n) is 5.93. The molecule has 4 N–H and O–H groups in total. The fourth-order valence-corrected chi connectivity index (χ4v) is 5.50. The van der Waals surface area contributed by atoms with Gasteiger partial charge in [0.05, 0.1) is 10.9 Å². The SMILES string of the molecule is CSc1cc(O)c(-c2ccc(C3(CN)CC3)cc2)c2c1[nH]c(=O)c1cscc12. The van der Waals surface area contributed by atoms with Crippen LogP contribution >= 0.6 is 23.1 Å². The lowest BCUT2D eigenvalue weighted by molar-refractivity contribution is 0.477. The molecule has 5 rings (SSSR count). The van der Waals surface area contributed by atoms with Crippen molar-refractivity contribution in [1.82, 2.24) is 4.98 Å². The molecule has 4 nitrogen and oxygen atoms in total. The normalized spacial score (nSPS) is 15.4. The summed E-state index contributed by atoms with van der Waals surface area (Å²) in [6.45, 7) is 0.666. The van der Waals surface area contributed by atoms with Gasteiger partial charge in [0, 0.05) is 38.6 Å². The maximum atomic E-state index is 12.5. The minimum Gasteiger partial charge on any atom is -0.507 e. The number of nitrogens with two attached hydrogens (primary N) is 1. The van der Waals surface area contributed by atoms with Crippen LogP contribution in [0.5, 0.6) is 5.75 Å². The van der Waals surface area contributed by atoms with Crippen molar-refractivity contribution in [2.75, 3.05) is 12.8 Å². The fraction of sp³-hybridized carbons (Fsp3) is 0.227. The maximum absolute atomic E-state index is 12.5. The molecule has 28 heavy (non-hydrogen) atoms. The van der Waals surface area contributed by atoms with Gasteiger partial charge in [0.25, 0.3) is 5.56 Å². The van der Waals surface area contributed by atoms with E-state index in [2.05, 4.69) is 29.2 Å². The Bertz CT molecular complexity index is 1270. The molecule has 4 aromatic rings. The smallest absolute Gasteiger partial charge is 0.257 e. The van der Waals surface area contributed by atoms with Crippen molar-refractivity contribution in [2.45, 2.75) is 23.2 Å². The average Bonchev–Trinajstić information content (AvgIpc) is 3.35. The molecule has 0 saturated heterocycles. The molecule has 2 aromatic carbocycles. The number of thiophene rings is 1. The molecule has 1 aliphatic rings. The Labute approximate surface area is 170 Å². The summed E-state index contributed by atoms with van der Waals surface area (Å²) in [6, 6.07) is 10.1. The van der Waals surface area contributed by atoms with E-state index in [9.17, 15) is 9.90 Å². The van der Waals surface area contributed by atoms with Crippen molar-refractivity contribution < 1.29 is 5.11 Å². The van der Waals surface area contributed by atoms with Crippen molar-refractivity contribution in [3.05, 3.63) is 57.0 Å². The highest BCUT2D eigenvalue weighted by Crippen LogP contribution is 2.48. The summed E-state index contributed by atoms with van der Waals surface area (Å²) in [4.78, 5) is 16.4. The molecule has 142 valence electrons. The van der Waals surface area contributed by atoms with Crippen LogP contribution < -0.4 is 11.3 Å². The van der Waals surface area contributed by atoms with Crippen LogP contribution in [0.3, 0.4) is 0 Å². The second-order valence-corrected chi connectivity index (χ2v) is 9.03. The summed E-state index contributed by atoms with van der Waals surface area (Å²) >= 11 is 3.01. The van der Waals surface area contributed by atoms with E-state index in [4.69, 9.17) is 5.73 Å². The minimum atomic E-state index is -0.0929. The number of aromatic hydroxyl groups is 1. The lowest BCUT2D eigenvalue weighted by Gasteiger charge is -2.16. The van der Waals surface area contributed by atoms with E-state index in [0.29, 0.717) is 11.9 Å². The molecule has 0 bridgehead atoms. The predicted octanol–water partition coefficient (Wildman–Crippen LogP) is 4.83. The molecule has 1 aliphatic carbocycles. The van der Waals surface area contributed by atoms with Gasteiger partial charge in [-0.25, -0.2) is 0 Å². The highest BCUT2D eigenvalue weighted by Gasteiger charge is 2.42. The third kappa shape index (κ3) is 2.52. The van der Waals surface area contributed by atoms with E-state index in [1.54, 1.807) is 6.07 Å². The largest absolute Gasteiger partial charge is 0.507 e. The summed E-state index contributed by atoms with van der Waals surface area (Å²) in [5.41, 5.74) is 9.75. The molecular weight excluding hydrogens is 388 g/mol. The first-order valence-corrected chi connectivity index (χ1v) is 11.4. The molecule has 0 amide bonds. The molecule has 1 fully saturated rings. The topological polar surface area (TPSA) is 79.1 Å². The zero-order valence-electron chi connectivity index (χ0n) is 15.4. The lowest BCUT2D eigenvalue weighted by Crippen LogP contribution is -2.19. The summed E-state index contributed by atoms with van der Waals surface area (Å²) in [6.07, 6.45) is 4.22. The maximum Gasteiger partial charge on any atom is 0.257 e. The molecule has 1 saturated carbocycles. The summed E-state index contributed by atoms with van der Waals surface area (Å²) in [7, 11) is 0. The number of aromatic amines is 1. The summed E-state index contributed by atoms with van der Waals surface area (Å²) < 4.78 is 0. The number of hydrogen-bond acceptors (Lipinski definition) is 5. The highest BCUT2D eigenvalue weighted by molar-refractivity contribution is 7.98. The van der Waals surface area contributed by atoms with Gasteiger partial charge in [-0.3, -0.25) is 4.79 Å². The molecule has 6 heteroatoms. The van der Waals surface area contributed by atoms with E-state index in [0.717, 1.165) is 45.2 Å². The van der Waals surface area contributed by atoms with Gasteiger partial charge in [-0.1, -0.05) is 24.3 Å².